The molecule has 150 valence electrons. The van der Waals surface area contributed by atoms with E-state index < -0.39 is 0 Å². The molecule has 0 spiro atoms. The van der Waals surface area contributed by atoms with Crippen LogP contribution < -0.4 is 16.0 Å². The van der Waals surface area contributed by atoms with Crippen LogP contribution in [0.4, 0.5) is 17.3 Å². The van der Waals surface area contributed by atoms with Gasteiger partial charge in [-0.3, -0.25) is 4.90 Å². The van der Waals surface area contributed by atoms with Crippen LogP contribution in [0, 0.1) is 6.92 Å². The third kappa shape index (κ3) is 4.84. The van der Waals surface area contributed by atoms with E-state index in [1.54, 1.807) is 6.33 Å². The van der Waals surface area contributed by atoms with Gasteiger partial charge >= 0.3 is 0 Å². The molecular weight excluding hydrogens is 360 g/mol. The van der Waals surface area contributed by atoms with Crippen molar-refractivity contribution in [2.45, 2.75) is 20.0 Å². The number of nitrogens with one attached hydrogen (secondary N) is 1. The van der Waals surface area contributed by atoms with Gasteiger partial charge in [-0.25, -0.2) is 9.97 Å². The van der Waals surface area contributed by atoms with Gasteiger partial charge in [0, 0.05) is 39.3 Å². The van der Waals surface area contributed by atoms with Crippen LogP contribution in [-0.2, 0) is 13.1 Å². The maximum atomic E-state index is 6.42. The second-order valence-corrected chi connectivity index (χ2v) is 7.55. The van der Waals surface area contributed by atoms with Gasteiger partial charge in [0.05, 0.1) is 0 Å². The molecule has 1 saturated heterocycles. The van der Waals surface area contributed by atoms with Gasteiger partial charge in [-0.05, 0) is 18.1 Å². The second kappa shape index (κ2) is 8.92. The molecule has 0 saturated carbocycles. The Morgan fingerprint density at radius 3 is 2.34 bits per heavy atom. The smallest absolute Gasteiger partial charge is 0.157 e. The molecule has 29 heavy (non-hydrogen) atoms. The van der Waals surface area contributed by atoms with Crippen molar-refractivity contribution in [3.8, 4) is 0 Å². The van der Waals surface area contributed by atoms with Crippen LogP contribution in [0.15, 0.2) is 60.9 Å². The molecule has 0 radical (unpaired) electrons. The third-order valence-electron chi connectivity index (χ3n) is 5.36. The van der Waals surface area contributed by atoms with E-state index in [-0.39, 0.29) is 0 Å². The van der Waals surface area contributed by atoms with E-state index in [9.17, 15) is 0 Å². The van der Waals surface area contributed by atoms with Crippen molar-refractivity contribution in [3.05, 3.63) is 77.6 Å². The number of aryl methyl sites for hydroxylation is 1. The van der Waals surface area contributed by atoms with Crippen molar-refractivity contribution < 1.29 is 0 Å². The fourth-order valence-electron chi connectivity index (χ4n) is 3.63. The van der Waals surface area contributed by atoms with Crippen molar-refractivity contribution in [1.29, 1.82) is 0 Å². The topological polar surface area (TPSA) is 70.3 Å². The summed E-state index contributed by atoms with van der Waals surface area (Å²) in [5.74, 6) is 1.52. The molecule has 6 heteroatoms. The number of aromatic nitrogens is 2. The fourth-order valence-corrected chi connectivity index (χ4v) is 3.63. The lowest BCUT2D eigenvalue weighted by molar-refractivity contribution is 0.249. The van der Waals surface area contributed by atoms with Crippen molar-refractivity contribution in [3.63, 3.8) is 0 Å². The molecule has 3 aromatic rings. The van der Waals surface area contributed by atoms with E-state index in [0.717, 1.165) is 38.5 Å². The molecule has 0 amide bonds. The van der Waals surface area contributed by atoms with Gasteiger partial charge < -0.3 is 16.0 Å². The molecule has 0 bridgehead atoms. The summed E-state index contributed by atoms with van der Waals surface area (Å²) >= 11 is 0. The number of piperazine rings is 1. The Balaban J connectivity index is 1.36. The summed E-state index contributed by atoms with van der Waals surface area (Å²) in [6, 6.07) is 19.1. The Labute approximate surface area is 172 Å². The number of hydrogen-bond donors (Lipinski definition) is 2. The van der Waals surface area contributed by atoms with E-state index in [1.807, 2.05) is 0 Å². The molecule has 6 nitrogen and oxygen atoms in total. The maximum Gasteiger partial charge on any atom is 0.157 e. The van der Waals surface area contributed by atoms with Crippen LogP contribution in [0.2, 0.25) is 0 Å². The molecule has 1 aliphatic rings. The van der Waals surface area contributed by atoms with Gasteiger partial charge in [0.25, 0.3) is 0 Å². The summed E-state index contributed by atoms with van der Waals surface area (Å²) in [4.78, 5) is 13.6. The SMILES string of the molecule is Cc1ccc(CNc2ncnc(N3CCN(Cc4ccccc4)CC3)c2N)cc1. The molecule has 2 aromatic carbocycles. The summed E-state index contributed by atoms with van der Waals surface area (Å²) < 4.78 is 0. The highest BCUT2D eigenvalue weighted by molar-refractivity contribution is 5.75. The van der Waals surface area contributed by atoms with Gasteiger partial charge in [-0.1, -0.05) is 60.2 Å². The van der Waals surface area contributed by atoms with Crippen molar-refractivity contribution >= 4 is 17.3 Å². The highest BCUT2D eigenvalue weighted by atomic mass is 15.3. The average molecular weight is 389 g/mol. The first-order valence-electron chi connectivity index (χ1n) is 10.1. The van der Waals surface area contributed by atoms with Crippen molar-refractivity contribution in [2.24, 2.45) is 0 Å². The summed E-state index contributed by atoms with van der Waals surface area (Å²) in [7, 11) is 0. The number of benzene rings is 2. The number of hydrogen-bond acceptors (Lipinski definition) is 6. The van der Waals surface area contributed by atoms with Crippen molar-refractivity contribution in [1.82, 2.24) is 14.9 Å². The molecule has 4 rings (SSSR count). The molecule has 1 aliphatic heterocycles. The Kier molecular flexibility index (Phi) is 5.91. The van der Waals surface area contributed by atoms with E-state index in [2.05, 4.69) is 86.6 Å². The average Bonchev–Trinajstić information content (AvgIpc) is 2.76. The molecule has 0 aliphatic carbocycles. The van der Waals surface area contributed by atoms with Gasteiger partial charge in [0.2, 0.25) is 0 Å². The highest BCUT2D eigenvalue weighted by Gasteiger charge is 2.21. The van der Waals surface area contributed by atoms with Crippen LogP contribution in [0.5, 0.6) is 0 Å². The second-order valence-electron chi connectivity index (χ2n) is 7.55. The van der Waals surface area contributed by atoms with Crippen LogP contribution in [0.3, 0.4) is 0 Å². The Morgan fingerprint density at radius 2 is 1.62 bits per heavy atom. The highest BCUT2D eigenvalue weighted by Crippen LogP contribution is 2.27. The number of nitrogens with two attached hydrogens (primary N) is 1. The minimum atomic E-state index is 0.621. The molecular formula is C23H28N6. The summed E-state index contributed by atoms with van der Waals surface area (Å²) in [6.07, 6.45) is 1.60. The standard InChI is InChI=1S/C23H28N6/c1-18-7-9-19(10-8-18)15-25-22-21(24)23(27-17-26-22)29-13-11-28(12-14-29)16-20-5-3-2-4-6-20/h2-10,17H,11-16,24H2,1H3,(H,25,26,27). The van der Waals surface area contributed by atoms with E-state index >= 15 is 0 Å². The molecule has 0 atom stereocenters. The quantitative estimate of drug-likeness (QED) is 0.675. The molecule has 2 heterocycles. The van der Waals surface area contributed by atoms with Gasteiger partial charge in [-0.15, -0.1) is 0 Å². The van der Waals surface area contributed by atoms with Gasteiger partial charge in [0.15, 0.2) is 11.6 Å². The minimum Gasteiger partial charge on any atom is -0.393 e. The lowest BCUT2D eigenvalue weighted by Gasteiger charge is -2.36. The lowest BCUT2D eigenvalue weighted by atomic mass is 10.1. The molecule has 3 N–H and O–H groups in total. The predicted molar refractivity (Wildman–Crippen MR) is 119 cm³/mol. The predicted octanol–water partition coefficient (Wildman–Crippen LogP) is 3.30. The van der Waals surface area contributed by atoms with E-state index in [1.165, 1.54) is 16.7 Å². The van der Waals surface area contributed by atoms with Crippen LogP contribution in [0.25, 0.3) is 0 Å². The largest absolute Gasteiger partial charge is 0.393 e. The first kappa shape index (κ1) is 19.2. The van der Waals surface area contributed by atoms with Crippen LogP contribution in [0.1, 0.15) is 16.7 Å². The van der Waals surface area contributed by atoms with Gasteiger partial charge in [0.1, 0.15) is 12.0 Å². The Hall–Kier alpha value is -3.12. The van der Waals surface area contributed by atoms with E-state index in [0.29, 0.717) is 18.1 Å². The zero-order valence-electron chi connectivity index (χ0n) is 16.9. The number of nitrogen functional groups attached to an aromatic ring is 1. The Morgan fingerprint density at radius 1 is 0.897 bits per heavy atom. The Bertz CT molecular complexity index is 918. The molecule has 0 unspecified atom stereocenters. The van der Waals surface area contributed by atoms with Crippen molar-refractivity contribution in [2.75, 3.05) is 42.1 Å². The first-order chi connectivity index (χ1) is 14.2. The summed E-state index contributed by atoms with van der Waals surface area (Å²) in [5, 5.41) is 3.36. The van der Waals surface area contributed by atoms with E-state index in [4.69, 9.17) is 5.73 Å². The van der Waals surface area contributed by atoms with Crippen LogP contribution >= 0.6 is 0 Å². The third-order valence-corrected chi connectivity index (χ3v) is 5.36. The number of nitrogens with zero attached hydrogens (tertiary/aromatic N) is 4. The normalized spacial score (nSPS) is 14.7. The van der Waals surface area contributed by atoms with Gasteiger partial charge in [-0.2, -0.15) is 0 Å². The molecule has 1 fully saturated rings. The zero-order valence-corrected chi connectivity index (χ0v) is 16.9. The molecule has 1 aromatic heterocycles. The maximum absolute atomic E-state index is 6.42. The summed E-state index contributed by atoms with van der Waals surface area (Å²) in [5.41, 5.74) is 10.8. The van der Waals surface area contributed by atoms with Crippen LogP contribution in [-0.4, -0.2) is 41.0 Å². The summed E-state index contributed by atoms with van der Waals surface area (Å²) in [6.45, 7) is 7.56. The lowest BCUT2D eigenvalue weighted by Crippen LogP contribution is -2.46. The monoisotopic (exact) mass is 388 g/mol. The zero-order chi connectivity index (χ0) is 20.1. The fraction of sp³-hybridized carbons (Fsp3) is 0.304. The number of rotatable bonds is 6. The first-order valence-corrected chi connectivity index (χ1v) is 10.1. The number of anilines is 3. The minimum absolute atomic E-state index is 0.621.